The molecule has 1 unspecified atom stereocenters. The summed E-state index contributed by atoms with van der Waals surface area (Å²) in [6, 6.07) is 3.51. The average Bonchev–Trinajstić information content (AvgIpc) is 3.29. The quantitative estimate of drug-likeness (QED) is 0.0678. The summed E-state index contributed by atoms with van der Waals surface area (Å²) in [6.45, 7) is 12.5. The van der Waals surface area contributed by atoms with E-state index in [-0.39, 0.29) is 24.4 Å². The van der Waals surface area contributed by atoms with Crippen LogP contribution in [0.5, 0.6) is 0 Å². The molecule has 0 aromatic carbocycles. The van der Waals surface area contributed by atoms with Gasteiger partial charge in [-0.15, -0.1) is 0 Å². The van der Waals surface area contributed by atoms with Crippen molar-refractivity contribution in [2.24, 2.45) is 16.8 Å². The number of hydrogen-bond donors (Lipinski definition) is 3. The number of nitrogens with one attached hydrogen (secondary N) is 1. The molecule has 37 heavy (non-hydrogen) atoms. The highest BCUT2D eigenvalue weighted by Gasteiger charge is 2.26. The molecule has 1 aromatic heterocycles. The number of esters is 1. The van der Waals surface area contributed by atoms with Gasteiger partial charge in [0, 0.05) is 45.1 Å². The third kappa shape index (κ3) is 9.95. The second-order valence-electron chi connectivity index (χ2n) is 8.15. The zero-order valence-corrected chi connectivity index (χ0v) is 23.0. The molecule has 206 valence electrons. The second-order valence-corrected chi connectivity index (χ2v) is 8.15. The van der Waals surface area contributed by atoms with Crippen molar-refractivity contribution in [1.29, 1.82) is 0 Å². The fourth-order valence-corrected chi connectivity index (χ4v) is 3.79. The lowest BCUT2D eigenvalue weighted by Crippen LogP contribution is -2.39. The smallest absolute Gasteiger partial charge is 0.338 e. The number of aromatic nitrogens is 1. The number of likely N-dealkylation sites (N-methyl/N-ethyl adjacent to an activating group) is 1. The number of hydrazine groups is 1. The van der Waals surface area contributed by atoms with E-state index in [0.29, 0.717) is 50.6 Å². The molecule has 1 atom stereocenters. The lowest BCUT2D eigenvalue weighted by molar-refractivity contribution is -0.135. The van der Waals surface area contributed by atoms with E-state index >= 15 is 0 Å². The van der Waals surface area contributed by atoms with Gasteiger partial charge in [0.25, 0.3) is 0 Å². The Morgan fingerprint density at radius 2 is 2.11 bits per heavy atom. The number of cyclic esters (lactones) is 1. The summed E-state index contributed by atoms with van der Waals surface area (Å²) in [5.41, 5.74) is 3.45. The highest BCUT2D eigenvalue weighted by atomic mass is 16.5. The van der Waals surface area contributed by atoms with Gasteiger partial charge >= 0.3 is 5.97 Å². The minimum atomic E-state index is -0.271. The van der Waals surface area contributed by atoms with Gasteiger partial charge in [0.15, 0.2) is 0 Å². The van der Waals surface area contributed by atoms with Gasteiger partial charge in [-0.05, 0) is 38.8 Å². The lowest BCUT2D eigenvalue weighted by Gasteiger charge is -2.23. The molecule has 0 bridgehead atoms. The average molecular weight is 518 g/mol. The molecule has 0 spiro atoms. The molecule has 1 amide bonds. The number of ether oxygens (including phenoxy) is 2. The number of hydrogen-bond acceptors (Lipinski definition) is 9. The molecular formula is C26H43N7O4. The van der Waals surface area contributed by atoms with Crippen LogP contribution in [-0.4, -0.2) is 74.1 Å². The maximum atomic E-state index is 12.7. The first kappa shape index (κ1) is 31.7. The van der Waals surface area contributed by atoms with Crippen molar-refractivity contribution >= 4 is 24.0 Å². The van der Waals surface area contributed by atoms with Crippen LogP contribution in [0.25, 0.3) is 0 Å². The molecule has 5 N–H and O–H groups in total. The van der Waals surface area contributed by atoms with Crippen molar-refractivity contribution in [3.63, 3.8) is 0 Å². The molecule has 2 heterocycles. The highest BCUT2D eigenvalue weighted by molar-refractivity contribution is 5.96. The number of amides is 1. The van der Waals surface area contributed by atoms with E-state index in [4.69, 9.17) is 21.2 Å². The van der Waals surface area contributed by atoms with Crippen LogP contribution < -0.4 is 22.0 Å². The van der Waals surface area contributed by atoms with E-state index in [0.717, 1.165) is 16.7 Å². The molecule has 0 aliphatic carbocycles. The molecular weight excluding hydrogens is 474 g/mol. The van der Waals surface area contributed by atoms with Crippen LogP contribution in [0.1, 0.15) is 46.6 Å². The van der Waals surface area contributed by atoms with Crippen molar-refractivity contribution in [2.75, 3.05) is 44.9 Å². The first-order valence-electron chi connectivity index (χ1n) is 12.6. The van der Waals surface area contributed by atoms with Crippen molar-refractivity contribution in [1.82, 2.24) is 15.2 Å². The van der Waals surface area contributed by atoms with E-state index in [1.54, 1.807) is 36.4 Å². The Bertz CT molecular complexity index is 945. The van der Waals surface area contributed by atoms with Crippen LogP contribution in [0, 0.1) is 0 Å². The third-order valence-corrected chi connectivity index (χ3v) is 5.85. The Balaban J connectivity index is 0.00000334. The number of allylic oxidation sites excluding steroid dienone is 1. The lowest BCUT2D eigenvalue weighted by atomic mass is 9.99. The van der Waals surface area contributed by atoms with Crippen LogP contribution in [0.3, 0.4) is 0 Å². The fourth-order valence-electron chi connectivity index (χ4n) is 3.79. The molecule has 11 heteroatoms. The summed E-state index contributed by atoms with van der Waals surface area (Å²) in [5.74, 6) is 11.0. The van der Waals surface area contributed by atoms with Crippen LogP contribution >= 0.6 is 0 Å². The van der Waals surface area contributed by atoms with E-state index in [1.165, 1.54) is 11.3 Å². The molecule has 1 aromatic rings. The molecule has 2 rings (SSSR count). The van der Waals surface area contributed by atoms with Gasteiger partial charge in [-0.1, -0.05) is 31.6 Å². The standard InChI is InChI=1S/C24H37N7O4.C2H6/c1-5-20-21(15-35-24(20)33)17(3)11-19(34-4)14-27-9-10-30(6-2)23(32)12-18-7-8-22(28-13-18)31(26)16-29-25;1-2/h5,7-8,13,16,19,27H,6,9-12,14-15,25-26H2,1-4H3;1-2H3/b20-5+,21-17-,29-16-;. The van der Waals surface area contributed by atoms with Gasteiger partial charge in [-0.25, -0.2) is 20.6 Å². The number of hydrazone groups is 1. The normalized spacial score (nSPS) is 16.3. The summed E-state index contributed by atoms with van der Waals surface area (Å²) in [6.07, 6.45) is 5.53. The summed E-state index contributed by atoms with van der Waals surface area (Å²) in [4.78, 5) is 30.6. The molecule has 1 saturated heterocycles. The van der Waals surface area contributed by atoms with Gasteiger partial charge in [-0.3, -0.25) is 4.79 Å². The highest BCUT2D eigenvalue weighted by Crippen LogP contribution is 2.26. The zero-order valence-electron chi connectivity index (χ0n) is 23.0. The molecule has 11 nitrogen and oxygen atoms in total. The molecule has 1 aliphatic rings. The Hall–Kier alpha value is -3.28. The number of carbonyl (C=O) groups is 2. The number of pyridine rings is 1. The Morgan fingerprint density at radius 1 is 1.38 bits per heavy atom. The summed E-state index contributed by atoms with van der Waals surface area (Å²) in [7, 11) is 1.67. The predicted molar refractivity (Wildman–Crippen MR) is 147 cm³/mol. The molecule has 1 aliphatic heterocycles. The first-order chi connectivity index (χ1) is 17.8. The Labute approximate surface area is 220 Å². The van der Waals surface area contributed by atoms with Gasteiger partial charge in [-0.2, -0.15) is 5.10 Å². The zero-order chi connectivity index (χ0) is 27.8. The van der Waals surface area contributed by atoms with Gasteiger partial charge in [0.1, 0.15) is 18.8 Å². The summed E-state index contributed by atoms with van der Waals surface area (Å²) < 4.78 is 10.8. The van der Waals surface area contributed by atoms with Gasteiger partial charge in [0.05, 0.1) is 18.1 Å². The van der Waals surface area contributed by atoms with Gasteiger partial charge < -0.3 is 25.5 Å². The van der Waals surface area contributed by atoms with Crippen LogP contribution in [0.4, 0.5) is 5.82 Å². The van der Waals surface area contributed by atoms with Crippen LogP contribution in [0.2, 0.25) is 0 Å². The van der Waals surface area contributed by atoms with E-state index in [2.05, 4.69) is 15.4 Å². The first-order valence-corrected chi connectivity index (χ1v) is 12.6. The number of nitrogens with two attached hydrogens (primary N) is 2. The van der Waals surface area contributed by atoms with E-state index in [1.807, 2.05) is 34.6 Å². The van der Waals surface area contributed by atoms with Crippen LogP contribution in [0.15, 0.2) is 46.2 Å². The number of rotatable bonds is 13. The van der Waals surface area contributed by atoms with E-state index in [9.17, 15) is 9.59 Å². The molecule has 1 fully saturated rings. The van der Waals surface area contributed by atoms with E-state index < -0.39 is 0 Å². The Kier molecular flexibility index (Phi) is 14.8. The number of anilines is 1. The van der Waals surface area contributed by atoms with Crippen molar-refractivity contribution < 1.29 is 19.1 Å². The van der Waals surface area contributed by atoms with Gasteiger partial charge in [0.2, 0.25) is 5.91 Å². The minimum absolute atomic E-state index is 0.0191. The molecule has 0 radical (unpaired) electrons. The number of nitrogens with zero attached hydrogens (tertiary/aromatic N) is 4. The number of methoxy groups -OCH3 is 1. The Morgan fingerprint density at radius 3 is 2.68 bits per heavy atom. The number of carbonyl (C=O) groups excluding carboxylic acids is 2. The minimum Gasteiger partial charge on any atom is -0.457 e. The second kappa shape index (κ2) is 17.2. The fraction of sp³-hybridized carbons (Fsp3) is 0.538. The summed E-state index contributed by atoms with van der Waals surface area (Å²) in [5, 5.41) is 7.92. The maximum Gasteiger partial charge on any atom is 0.338 e. The molecule has 0 saturated carbocycles. The maximum absolute atomic E-state index is 12.7. The topological polar surface area (TPSA) is 148 Å². The largest absolute Gasteiger partial charge is 0.457 e. The summed E-state index contributed by atoms with van der Waals surface area (Å²) >= 11 is 0. The van der Waals surface area contributed by atoms with Crippen molar-refractivity contribution in [3.05, 3.63) is 46.7 Å². The van der Waals surface area contributed by atoms with Crippen molar-refractivity contribution in [2.45, 2.75) is 53.6 Å². The third-order valence-electron chi connectivity index (χ3n) is 5.85. The monoisotopic (exact) mass is 517 g/mol. The SMILES string of the molecule is C/C=C1/C(=O)OC/C1=C(\C)CC(CNCCN(CC)C(=O)Cc1ccc(N(N)/C=N\N)nc1)OC.CC. The van der Waals surface area contributed by atoms with Crippen molar-refractivity contribution in [3.8, 4) is 0 Å². The predicted octanol–water partition coefficient (Wildman–Crippen LogP) is 1.90. The van der Waals surface area contributed by atoms with Crippen LogP contribution in [-0.2, 0) is 25.5 Å².